The number of carbonyl (C=O) groups excluding carboxylic acids is 2. The molecule has 24 heavy (non-hydrogen) atoms. The van der Waals surface area contributed by atoms with Gasteiger partial charge in [0.15, 0.2) is 0 Å². The smallest absolute Gasteiger partial charge is 0.226 e. The highest BCUT2D eigenvalue weighted by atomic mass is 19.1. The second-order valence-electron chi connectivity index (χ2n) is 6.80. The van der Waals surface area contributed by atoms with Gasteiger partial charge in [-0.1, -0.05) is 18.2 Å². The van der Waals surface area contributed by atoms with E-state index in [4.69, 9.17) is 0 Å². The van der Waals surface area contributed by atoms with Crippen LogP contribution in [0.2, 0.25) is 0 Å². The van der Waals surface area contributed by atoms with Gasteiger partial charge in [0.25, 0.3) is 0 Å². The van der Waals surface area contributed by atoms with E-state index in [1.807, 2.05) is 7.05 Å². The van der Waals surface area contributed by atoms with Crippen molar-refractivity contribution < 1.29 is 14.0 Å². The molecule has 0 bridgehead atoms. The standard InChI is InChI=1S/C19H23FN2O2/c1-22-16-7-2-3-9-19(16,10-8-18(22)24)13-21-17(23)12-14-5-4-6-15(20)11-14/h4-7,11H,2-3,8-10,12-13H2,1H3,(H,21,23). The van der Waals surface area contributed by atoms with Gasteiger partial charge in [0.1, 0.15) is 5.82 Å². The van der Waals surface area contributed by atoms with Crippen LogP contribution in [0, 0.1) is 11.2 Å². The third kappa shape index (κ3) is 3.35. The summed E-state index contributed by atoms with van der Waals surface area (Å²) in [7, 11) is 1.82. The Bertz CT molecular complexity index is 686. The average molecular weight is 330 g/mol. The van der Waals surface area contributed by atoms with Crippen molar-refractivity contribution in [3.8, 4) is 0 Å². The highest BCUT2D eigenvalue weighted by Gasteiger charge is 2.43. The predicted octanol–water partition coefficient (Wildman–Crippen LogP) is 2.79. The van der Waals surface area contributed by atoms with Crippen LogP contribution >= 0.6 is 0 Å². The molecule has 0 radical (unpaired) electrons. The van der Waals surface area contributed by atoms with Crippen molar-refractivity contribution in [1.29, 1.82) is 0 Å². The number of piperidine rings is 1. The number of rotatable bonds is 4. The van der Waals surface area contributed by atoms with Gasteiger partial charge < -0.3 is 10.2 Å². The van der Waals surface area contributed by atoms with Gasteiger partial charge in [-0.3, -0.25) is 9.59 Å². The summed E-state index contributed by atoms with van der Waals surface area (Å²) in [5.41, 5.74) is 1.58. The molecule has 0 spiro atoms. The summed E-state index contributed by atoms with van der Waals surface area (Å²) < 4.78 is 13.2. The highest BCUT2D eigenvalue weighted by molar-refractivity contribution is 5.80. The first-order valence-electron chi connectivity index (χ1n) is 8.48. The number of halogens is 1. The van der Waals surface area contributed by atoms with Crippen molar-refractivity contribution in [3.63, 3.8) is 0 Å². The molecule has 5 heteroatoms. The highest BCUT2D eigenvalue weighted by Crippen LogP contribution is 2.45. The molecule has 1 saturated heterocycles. The first kappa shape index (κ1) is 16.7. The van der Waals surface area contributed by atoms with Crippen molar-refractivity contribution in [2.45, 2.75) is 38.5 Å². The molecule has 3 rings (SSSR count). The van der Waals surface area contributed by atoms with E-state index in [2.05, 4.69) is 11.4 Å². The van der Waals surface area contributed by atoms with E-state index in [0.29, 0.717) is 18.5 Å². The van der Waals surface area contributed by atoms with Gasteiger partial charge in [0.2, 0.25) is 11.8 Å². The molecule has 2 aliphatic rings. The van der Waals surface area contributed by atoms with Crippen LogP contribution in [0.25, 0.3) is 0 Å². The van der Waals surface area contributed by atoms with E-state index in [1.54, 1.807) is 17.0 Å². The Balaban J connectivity index is 1.66. The lowest BCUT2D eigenvalue weighted by molar-refractivity contribution is -0.132. The third-order valence-electron chi connectivity index (χ3n) is 5.17. The maximum Gasteiger partial charge on any atom is 0.226 e. The number of fused-ring (bicyclic) bond motifs is 1. The molecular weight excluding hydrogens is 307 g/mol. The molecule has 128 valence electrons. The van der Waals surface area contributed by atoms with Gasteiger partial charge >= 0.3 is 0 Å². The first-order valence-corrected chi connectivity index (χ1v) is 8.48. The molecule has 1 aromatic rings. The summed E-state index contributed by atoms with van der Waals surface area (Å²) in [6, 6.07) is 6.12. The summed E-state index contributed by atoms with van der Waals surface area (Å²) in [5.74, 6) is -0.298. The van der Waals surface area contributed by atoms with Crippen LogP contribution in [0.5, 0.6) is 0 Å². The number of nitrogens with zero attached hydrogens (tertiary/aromatic N) is 1. The van der Waals surface area contributed by atoms with E-state index in [0.717, 1.165) is 31.4 Å². The van der Waals surface area contributed by atoms with Crippen molar-refractivity contribution >= 4 is 11.8 Å². The molecule has 1 unspecified atom stereocenters. The second kappa shape index (κ2) is 6.75. The van der Waals surface area contributed by atoms with Crippen LogP contribution < -0.4 is 5.32 Å². The fraction of sp³-hybridized carbons (Fsp3) is 0.474. The number of allylic oxidation sites excluding steroid dienone is 1. The maximum atomic E-state index is 13.2. The molecule has 0 aromatic heterocycles. The molecule has 1 atom stereocenters. The van der Waals surface area contributed by atoms with Crippen LogP contribution in [0.4, 0.5) is 4.39 Å². The van der Waals surface area contributed by atoms with E-state index in [-0.39, 0.29) is 29.5 Å². The Morgan fingerprint density at radius 2 is 2.21 bits per heavy atom. The summed E-state index contributed by atoms with van der Waals surface area (Å²) in [6.45, 7) is 0.532. The van der Waals surface area contributed by atoms with Gasteiger partial charge in [-0.05, 0) is 43.4 Å². The summed E-state index contributed by atoms with van der Waals surface area (Å²) in [5, 5.41) is 3.01. The molecule has 1 heterocycles. The minimum absolute atomic E-state index is 0.112. The third-order valence-corrected chi connectivity index (χ3v) is 5.17. The average Bonchev–Trinajstić information content (AvgIpc) is 2.57. The molecule has 1 N–H and O–H groups in total. The van der Waals surface area contributed by atoms with Crippen molar-refractivity contribution in [2.24, 2.45) is 5.41 Å². The Kier molecular flexibility index (Phi) is 4.69. The zero-order valence-corrected chi connectivity index (χ0v) is 14.0. The zero-order valence-electron chi connectivity index (χ0n) is 14.0. The Hall–Kier alpha value is -2.17. The zero-order chi connectivity index (χ0) is 17.2. The maximum absolute atomic E-state index is 13.2. The van der Waals surface area contributed by atoms with Gasteiger partial charge in [-0.15, -0.1) is 0 Å². The normalized spacial score (nSPS) is 23.5. The molecule has 1 aliphatic carbocycles. The fourth-order valence-electron chi connectivity index (χ4n) is 3.85. The minimum Gasteiger partial charge on any atom is -0.355 e. The Morgan fingerprint density at radius 3 is 3.00 bits per heavy atom. The minimum atomic E-state index is -0.330. The summed E-state index contributed by atoms with van der Waals surface area (Å²) in [6.07, 6.45) is 6.64. The molecule has 4 nitrogen and oxygen atoms in total. The quantitative estimate of drug-likeness (QED) is 0.923. The molecule has 1 fully saturated rings. The fourth-order valence-corrected chi connectivity index (χ4v) is 3.85. The molecular formula is C19H23FN2O2. The Labute approximate surface area is 141 Å². The Morgan fingerprint density at radius 1 is 1.38 bits per heavy atom. The van der Waals surface area contributed by atoms with Crippen molar-refractivity contribution in [1.82, 2.24) is 10.2 Å². The van der Waals surface area contributed by atoms with Crippen LogP contribution in [0.3, 0.4) is 0 Å². The SMILES string of the molecule is CN1C(=O)CCC2(CNC(=O)Cc3cccc(F)c3)CCCC=C12. The first-order chi connectivity index (χ1) is 11.5. The van der Waals surface area contributed by atoms with Gasteiger partial charge in [-0.25, -0.2) is 4.39 Å². The van der Waals surface area contributed by atoms with E-state index >= 15 is 0 Å². The lowest BCUT2D eigenvalue weighted by atomic mass is 9.70. The number of amides is 2. The van der Waals surface area contributed by atoms with Crippen LogP contribution in [-0.4, -0.2) is 30.3 Å². The largest absolute Gasteiger partial charge is 0.355 e. The topological polar surface area (TPSA) is 49.4 Å². The van der Waals surface area contributed by atoms with Gasteiger partial charge in [0.05, 0.1) is 6.42 Å². The van der Waals surface area contributed by atoms with E-state index < -0.39 is 0 Å². The number of benzene rings is 1. The van der Waals surface area contributed by atoms with E-state index in [9.17, 15) is 14.0 Å². The van der Waals surface area contributed by atoms with Crippen molar-refractivity contribution in [3.05, 3.63) is 47.4 Å². The van der Waals surface area contributed by atoms with Gasteiger partial charge in [-0.2, -0.15) is 0 Å². The van der Waals surface area contributed by atoms with Crippen LogP contribution in [0.15, 0.2) is 36.0 Å². The number of carbonyl (C=O) groups is 2. The molecule has 2 amide bonds. The number of hydrogen-bond donors (Lipinski definition) is 1. The number of likely N-dealkylation sites (tertiary alicyclic amines) is 1. The summed E-state index contributed by atoms with van der Waals surface area (Å²) >= 11 is 0. The molecule has 1 aromatic carbocycles. The second-order valence-corrected chi connectivity index (χ2v) is 6.80. The van der Waals surface area contributed by atoms with Crippen molar-refractivity contribution in [2.75, 3.05) is 13.6 Å². The molecule has 1 aliphatic heterocycles. The predicted molar refractivity (Wildman–Crippen MR) is 89.5 cm³/mol. The van der Waals surface area contributed by atoms with Crippen LogP contribution in [0.1, 0.15) is 37.7 Å². The molecule has 0 saturated carbocycles. The lowest BCUT2D eigenvalue weighted by Crippen LogP contribution is -2.49. The van der Waals surface area contributed by atoms with Gasteiger partial charge in [0, 0.05) is 31.1 Å². The number of hydrogen-bond acceptors (Lipinski definition) is 2. The monoisotopic (exact) mass is 330 g/mol. The lowest BCUT2D eigenvalue weighted by Gasteiger charge is -2.46. The van der Waals surface area contributed by atoms with Crippen LogP contribution in [-0.2, 0) is 16.0 Å². The number of nitrogens with one attached hydrogen (secondary N) is 1. The van der Waals surface area contributed by atoms with E-state index in [1.165, 1.54) is 12.1 Å². The summed E-state index contributed by atoms with van der Waals surface area (Å²) in [4.78, 5) is 26.0.